The highest BCUT2D eigenvalue weighted by molar-refractivity contribution is 6.30. The van der Waals surface area contributed by atoms with Crippen molar-refractivity contribution in [1.82, 2.24) is 14.4 Å². The smallest absolute Gasteiger partial charge is 0.262 e. The third-order valence-electron chi connectivity index (χ3n) is 6.75. The van der Waals surface area contributed by atoms with Crippen LogP contribution in [0.4, 0.5) is 0 Å². The van der Waals surface area contributed by atoms with Gasteiger partial charge in [-0.15, -0.1) is 0 Å². The normalized spacial score (nSPS) is 15.1. The van der Waals surface area contributed by atoms with Crippen LogP contribution in [0, 0.1) is 6.92 Å². The molecule has 3 aromatic rings. The van der Waals surface area contributed by atoms with Gasteiger partial charge in [-0.1, -0.05) is 11.6 Å². The topological polar surface area (TPSA) is 54.8 Å². The molecule has 1 aliphatic heterocycles. The number of fused-ring (bicyclic) bond motifs is 1. The van der Waals surface area contributed by atoms with Gasteiger partial charge >= 0.3 is 0 Å². The van der Waals surface area contributed by atoms with Crippen LogP contribution in [0.25, 0.3) is 10.9 Å². The molecule has 1 aromatic heterocycles. The largest absolute Gasteiger partial charge is 0.497 e. The van der Waals surface area contributed by atoms with E-state index < -0.39 is 0 Å². The van der Waals surface area contributed by atoms with Crippen LogP contribution in [0.5, 0.6) is 5.75 Å². The number of carbonyl (C=O) groups is 2. The molecule has 4 rings (SSSR count). The zero-order valence-electron chi connectivity index (χ0n) is 20.5. The predicted octanol–water partition coefficient (Wildman–Crippen LogP) is 4.79. The lowest BCUT2D eigenvalue weighted by atomic mass is 10.0. The Balaban J connectivity index is 1.67. The van der Waals surface area contributed by atoms with Crippen molar-refractivity contribution in [2.75, 3.05) is 33.3 Å². The summed E-state index contributed by atoms with van der Waals surface area (Å²) in [5.74, 6) is 0.621. The van der Waals surface area contributed by atoms with Gasteiger partial charge in [0.25, 0.3) is 5.91 Å². The second-order valence-electron chi connectivity index (χ2n) is 9.81. The highest BCUT2D eigenvalue weighted by Crippen LogP contribution is 2.31. The molecule has 34 heavy (non-hydrogen) atoms. The van der Waals surface area contributed by atoms with Gasteiger partial charge in [0, 0.05) is 53.4 Å². The number of nitrogens with zero attached hydrogens (tertiary/aromatic N) is 3. The Kier molecular flexibility index (Phi) is 6.74. The SMILES string of the molecule is COc1ccc2c(c1)c(CC(=O)N1CCN(C(C)(C)C)CC1)c(C)n2C(=O)c1ccc(Cl)cc1. The van der Waals surface area contributed by atoms with E-state index in [4.69, 9.17) is 16.3 Å². The van der Waals surface area contributed by atoms with Crippen LogP contribution >= 0.6 is 11.6 Å². The first-order valence-corrected chi connectivity index (χ1v) is 12.0. The molecule has 1 fully saturated rings. The van der Waals surface area contributed by atoms with E-state index in [0.29, 0.717) is 29.4 Å². The maximum Gasteiger partial charge on any atom is 0.262 e. The lowest BCUT2D eigenvalue weighted by molar-refractivity contribution is -0.133. The third kappa shape index (κ3) is 4.70. The van der Waals surface area contributed by atoms with Crippen molar-refractivity contribution in [1.29, 1.82) is 0 Å². The molecular weight excluding hydrogens is 450 g/mol. The van der Waals surface area contributed by atoms with Gasteiger partial charge in [-0.05, 0) is 75.7 Å². The number of methoxy groups -OCH3 is 1. The van der Waals surface area contributed by atoms with Crippen LogP contribution in [0.15, 0.2) is 42.5 Å². The molecule has 0 bridgehead atoms. The van der Waals surface area contributed by atoms with Crippen LogP contribution < -0.4 is 4.74 Å². The molecule has 0 N–H and O–H groups in total. The summed E-state index contributed by atoms with van der Waals surface area (Å²) >= 11 is 6.01. The van der Waals surface area contributed by atoms with Crippen LogP contribution in [0.3, 0.4) is 0 Å². The van der Waals surface area contributed by atoms with E-state index in [0.717, 1.165) is 35.2 Å². The number of benzene rings is 2. The fraction of sp³-hybridized carbons (Fsp3) is 0.407. The molecule has 0 aliphatic carbocycles. The van der Waals surface area contributed by atoms with Gasteiger partial charge in [0.05, 0.1) is 19.0 Å². The average Bonchev–Trinajstić information content (AvgIpc) is 3.09. The molecule has 2 heterocycles. The third-order valence-corrected chi connectivity index (χ3v) is 7.00. The van der Waals surface area contributed by atoms with Crippen molar-refractivity contribution in [3.63, 3.8) is 0 Å². The first-order chi connectivity index (χ1) is 16.1. The molecule has 0 radical (unpaired) electrons. The first kappa shape index (κ1) is 24.3. The van der Waals surface area contributed by atoms with Gasteiger partial charge in [-0.3, -0.25) is 19.1 Å². The molecule has 1 amide bonds. The van der Waals surface area contributed by atoms with E-state index in [1.165, 1.54) is 0 Å². The van der Waals surface area contributed by atoms with E-state index in [9.17, 15) is 9.59 Å². The molecule has 7 heteroatoms. The summed E-state index contributed by atoms with van der Waals surface area (Å²) in [7, 11) is 1.61. The van der Waals surface area contributed by atoms with Gasteiger partial charge in [-0.25, -0.2) is 0 Å². The standard InChI is InChI=1S/C27H32ClN3O3/c1-18-22(17-25(32)29-12-14-30(15-13-29)27(2,3)4)23-16-21(34-5)10-11-24(23)31(18)26(33)19-6-8-20(28)9-7-19/h6-11,16H,12-15,17H2,1-5H3. The number of amides is 1. The van der Waals surface area contributed by atoms with Gasteiger partial charge in [0.15, 0.2) is 0 Å². The Labute approximate surface area is 206 Å². The fourth-order valence-electron chi connectivity index (χ4n) is 4.69. The summed E-state index contributed by atoms with van der Waals surface area (Å²) in [5.41, 5.74) is 3.02. The second kappa shape index (κ2) is 9.43. The summed E-state index contributed by atoms with van der Waals surface area (Å²) in [6, 6.07) is 12.5. The van der Waals surface area contributed by atoms with Crippen molar-refractivity contribution in [3.8, 4) is 5.75 Å². The Morgan fingerprint density at radius 1 is 1.00 bits per heavy atom. The highest BCUT2D eigenvalue weighted by atomic mass is 35.5. The minimum absolute atomic E-state index is 0.0810. The van der Waals surface area contributed by atoms with Crippen molar-refractivity contribution in [2.45, 2.75) is 39.7 Å². The van der Waals surface area contributed by atoms with Gasteiger partial charge in [0.1, 0.15) is 5.75 Å². The quantitative estimate of drug-likeness (QED) is 0.538. The lowest BCUT2D eigenvalue weighted by Gasteiger charge is -2.42. The Bertz CT molecular complexity index is 1220. The fourth-order valence-corrected chi connectivity index (χ4v) is 4.81. The number of carbonyl (C=O) groups excluding carboxylic acids is 2. The minimum Gasteiger partial charge on any atom is -0.497 e. The Hall–Kier alpha value is -2.83. The maximum atomic E-state index is 13.5. The van der Waals surface area contributed by atoms with Crippen molar-refractivity contribution in [3.05, 3.63) is 64.3 Å². The van der Waals surface area contributed by atoms with E-state index in [1.54, 1.807) is 35.9 Å². The summed E-state index contributed by atoms with van der Waals surface area (Å²) in [6.45, 7) is 11.6. The number of ether oxygens (including phenoxy) is 1. The van der Waals surface area contributed by atoms with Crippen molar-refractivity contribution < 1.29 is 14.3 Å². The van der Waals surface area contributed by atoms with E-state index in [2.05, 4.69) is 25.7 Å². The Morgan fingerprint density at radius 2 is 1.65 bits per heavy atom. The molecular formula is C27H32ClN3O3. The summed E-state index contributed by atoms with van der Waals surface area (Å²) < 4.78 is 7.13. The van der Waals surface area contributed by atoms with Crippen molar-refractivity contribution in [2.24, 2.45) is 0 Å². The Morgan fingerprint density at radius 3 is 2.24 bits per heavy atom. The highest BCUT2D eigenvalue weighted by Gasteiger charge is 2.29. The maximum absolute atomic E-state index is 13.5. The molecule has 2 aromatic carbocycles. The van der Waals surface area contributed by atoms with E-state index >= 15 is 0 Å². The summed E-state index contributed by atoms with van der Waals surface area (Å²) in [4.78, 5) is 31.1. The molecule has 1 aliphatic rings. The van der Waals surface area contributed by atoms with E-state index in [-0.39, 0.29) is 23.8 Å². The average molecular weight is 482 g/mol. The predicted molar refractivity (Wildman–Crippen MR) is 136 cm³/mol. The monoisotopic (exact) mass is 481 g/mol. The molecule has 0 unspecified atom stereocenters. The zero-order chi connectivity index (χ0) is 24.6. The van der Waals surface area contributed by atoms with Gasteiger partial charge in [0.2, 0.25) is 5.91 Å². The van der Waals surface area contributed by atoms with Crippen LogP contribution in [0.1, 0.15) is 42.4 Å². The molecule has 0 spiro atoms. The minimum atomic E-state index is -0.151. The van der Waals surface area contributed by atoms with Gasteiger partial charge < -0.3 is 9.64 Å². The zero-order valence-corrected chi connectivity index (χ0v) is 21.3. The molecule has 0 atom stereocenters. The summed E-state index contributed by atoms with van der Waals surface area (Å²) in [5, 5.41) is 1.44. The summed E-state index contributed by atoms with van der Waals surface area (Å²) in [6.07, 6.45) is 0.242. The number of halogens is 1. The number of aromatic nitrogens is 1. The number of piperazine rings is 1. The number of rotatable bonds is 4. The van der Waals surface area contributed by atoms with Crippen LogP contribution in [-0.4, -0.2) is 65.0 Å². The molecule has 0 saturated carbocycles. The number of hydrogen-bond donors (Lipinski definition) is 0. The van der Waals surface area contributed by atoms with Crippen molar-refractivity contribution >= 4 is 34.3 Å². The lowest BCUT2D eigenvalue weighted by Crippen LogP contribution is -2.54. The molecule has 180 valence electrons. The molecule has 6 nitrogen and oxygen atoms in total. The van der Waals surface area contributed by atoms with Gasteiger partial charge in [-0.2, -0.15) is 0 Å². The number of hydrogen-bond acceptors (Lipinski definition) is 4. The molecule has 1 saturated heterocycles. The van der Waals surface area contributed by atoms with E-state index in [1.807, 2.05) is 30.0 Å². The second-order valence-corrected chi connectivity index (χ2v) is 10.2. The van der Waals surface area contributed by atoms with Crippen LogP contribution in [0.2, 0.25) is 5.02 Å². The first-order valence-electron chi connectivity index (χ1n) is 11.6. The van der Waals surface area contributed by atoms with Crippen LogP contribution in [-0.2, 0) is 11.2 Å².